The van der Waals surface area contributed by atoms with E-state index in [0.717, 1.165) is 11.8 Å². The molecule has 4 rings (SSSR count). The molecule has 1 atom stereocenters. The summed E-state index contributed by atoms with van der Waals surface area (Å²) < 4.78 is 23.3. The van der Waals surface area contributed by atoms with Gasteiger partial charge in [0, 0.05) is 18.1 Å². The van der Waals surface area contributed by atoms with Crippen molar-refractivity contribution in [3.63, 3.8) is 0 Å². The van der Waals surface area contributed by atoms with Crippen LogP contribution in [0.15, 0.2) is 65.7 Å². The summed E-state index contributed by atoms with van der Waals surface area (Å²) in [6.07, 6.45) is 2.70. The number of nitrogens with one attached hydrogen (secondary N) is 3. The number of aliphatic hydroxyl groups excluding tert-OH is 1. The Balaban J connectivity index is 1.65. The van der Waals surface area contributed by atoms with E-state index < -0.39 is 15.9 Å². The van der Waals surface area contributed by atoms with E-state index in [1.54, 1.807) is 18.3 Å². The number of hydrogen-bond donors (Lipinski definition) is 4. The van der Waals surface area contributed by atoms with Crippen molar-refractivity contribution in [1.29, 1.82) is 0 Å². The average molecular weight is 453 g/mol. The van der Waals surface area contributed by atoms with E-state index in [2.05, 4.69) is 41.2 Å². The molecular formula is C20H20N8O3S. The van der Waals surface area contributed by atoms with Crippen LogP contribution in [0.2, 0.25) is 0 Å². The first kappa shape index (κ1) is 21.3. The lowest BCUT2D eigenvalue weighted by Gasteiger charge is -2.19. The molecule has 0 radical (unpaired) electrons. The zero-order valence-corrected chi connectivity index (χ0v) is 17.8. The lowest BCUT2D eigenvalue weighted by Crippen LogP contribution is -2.17. The van der Waals surface area contributed by atoms with E-state index in [4.69, 9.17) is 0 Å². The van der Waals surface area contributed by atoms with E-state index >= 15 is 0 Å². The van der Waals surface area contributed by atoms with Gasteiger partial charge in [0.15, 0.2) is 15.7 Å². The van der Waals surface area contributed by atoms with Crippen LogP contribution in [0.1, 0.15) is 11.6 Å². The number of sulfone groups is 1. The Bertz CT molecular complexity index is 1280. The van der Waals surface area contributed by atoms with Crippen molar-refractivity contribution >= 4 is 27.3 Å². The lowest BCUT2D eigenvalue weighted by atomic mass is 10.1. The van der Waals surface area contributed by atoms with Crippen LogP contribution >= 0.6 is 0 Å². The third-order valence-electron chi connectivity index (χ3n) is 4.62. The van der Waals surface area contributed by atoms with Crippen molar-refractivity contribution in [3.05, 3.63) is 66.4 Å². The van der Waals surface area contributed by atoms with E-state index in [1.807, 2.05) is 30.3 Å². The summed E-state index contributed by atoms with van der Waals surface area (Å²) in [7, 11) is -3.29. The summed E-state index contributed by atoms with van der Waals surface area (Å²) in [4.78, 5) is 9.06. The fourth-order valence-electron chi connectivity index (χ4n) is 3.00. The normalized spacial score (nSPS) is 12.3. The number of aromatic nitrogens is 6. The minimum absolute atomic E-state index is 0.169. The molecule has 32 heavy (non-hydrogen) atoms. The molecule has 0 saturated carbocycles. The van der Waals surface area contributed by atoms with Crippen molar-refractivity contribution in [1.82, 2.24) is 30.6 Å². The molecular weight excluding hydrogens is 432 g/mol. The van der Waals surface area contributed by atoms with Gasteiger partial charge in [-0.2, -0.15) is 4.98 Å². The molecule has 0 saturated heterocycles. The van der Waals surface area contributed by atoms with Crippen molar-refractivity contribution in [2.75, 3.05) is 23.5 Å². The average Bonchev–Trinajstić information content (AvgIpc) is 3.33. The van der Waals surface area contributed by atoms with Crippen LogP contribution < -0.4 is 10.6 Å². The van der Waals surface area contributed by atoms with Crippen LogP contribution in [0.3, 0.4) is 0 Å². The maximum absolute atomic E-state index is 11.7. The maximum Gasteiger partial charge on any atom is 0.229 e. The second kappa shape index (κ2) is 9.08. The van der Waals surface area contributed by atoms with E-state index in [1.165, 1.54) is 12.1 Å². The third-order valence-corrected chi connectivity index (χ3v) is 5.75. The van der Waals surface area contributed by atoms with Gasteiger partial charge < -0.3 is 15.7 Å². The number of benzene rings is 2. The zero-order chi connectivity index (χ0) is 22.6. The molecule has 4 N–H and O–H groups in total. The first-order chi connectivity index (χ1) is 15.4. The highest BCUT2D eigenvalue weighted by Gasteiger charge is 2.18. The summed E-state index contributed by atoms with van der Waals surface area (Å²) in [5, 5.41) is 30.0. The molecule has 0 fully saturated rings. The second-order valence-electron chi connectivity index (χ2n) is 6.92. The Hall–Kier alpha value is -3.90. The van der Waals surface area contributed by atoms with E-state index in [0.29, 0.717) is 22.9 Å². The molecule has 0 unspecified atom stereocenters. The molecule has 2 aromatic heterocycles. The van der Waals surface area contributed by atoms with E-state index in [9.17, 15) is 13.5 Å². The summed E-state index contributed by atoms with van der Waals surface area (Å²) in [6.45, 7) is -0.169. The Labute approximate surface area is 183 Å². The van der Waals surface area contributed by atoms with Gasteiger partial charge in [-0.15, -0.1) is 5.10 Å². The molecule has 0 spiro atoms. The van der Waals surface area contributed by atoms with Gasteiger partial charge in [-0.3, -0.25) is 0 Å². The van der Waals surface area contributed by atoms with Gasteiger partial charge in [0.1, 0.15) is 5.82 Å². The lowest BCUT2D eigenvalue weighted by molar-refractivity contribution is 0.276. The topological polar surface area (TPSA) is 159 Å². The highest BCUT2D eigenvalue weighted by Crippen LogP contribution is 2.28. The molecule has 2 aromatic carbocycles. The molecule has 2 heterocycles. The third kappa shape index (κ3) is 4.87. The van der Waals surface area contributed by atoms with Gasteiger partial charge in [-0.25, -0.2) is 18.5 Å². The Morgan fingerprint density at radius 1 is 1.09 bits per heavy atom. The van der Waals surface area contributed by atoms with Crippen LogP contribution in [0.25, 0.3) is 11.4 Å². The van der Waals surface area contributed by atoms with Crippen LogP contribution in [0.4, 0.5) is 17.5 Å². The Kier molecular flexibility index (Phi) is 6.05. The minimum atomic E-state index is -3.29. The largest absolute Gasteiger partial charge is 0.394 e. The standard InChI is InChI=1S/C20H20N8O3S/c1-32(30,31)15-9-7-14(8-10-15)22-20-21-11-16(19-25-27-28-26-19)18(24-20)23-17(12-29)13-5-3-2-4-6-13/h2-11,17,29H,12H2,1H3,(H2,21,22,23,24)(H,25,26,27,28)/t17-/m1/s1. The highest BCUT2D eigenvalue weighted by molar-refractivity contribution is 7.90. The van der Waals surface area contributed by atoms with Gasteiger partial charge in [-0.1, -0.05) is 30.3 Å². The van der Waals surface area contributed by atoms with Crippen molar-refractivity contribution < 1.29 is 13.5 Å². The molecule has 0 aliphatic heterocycles. The summed E-state index contributed by atoms with van der Waals surface area (Å²) in [5.74, 6) is 1.03. The number of tetrazole rings is 1. The summed E-state index contributed by atoms with van der Waals surface area (Å²) >= 11 is 0. The minimum Gasteiger partial charge on any atom is -0.394 e. The van der Waals surface area contributed by atoms with Crippen LogP contribution in [0.5, 0.6) is 0 Å². The Morgan fingerprint density at radius 3 is 2.47 bits per heavy atom. The van der Waals surface area contributed by atoms with Gasteiger partial charge in [-0.05, 0) is 40.3 Å². The highest BCUT2D eigenvalue weighted by atomic mass is 32.2. The number of H-pyrrole nitrogens is 1. The molecule has 11 nitrogen and oxygen atoms in total. The molecule has 4 aromatic rings. The molecule has 0 aliphatic rings. The van der Waals surface area contributed by atoms with Gasteiger partial charge >= 0.3 is 0 Å². The molecule has 0 bridgehead atoms. The Morgan fingerprint density at radius 2 is 1.84 bits per heavy atom. The molecule has 0 aliphatic carbocycles. The SMILES string of the molecule is CS(=O)(=O)c1ccc(Nc2ncc(-c3nnn[nH]3)c(N[C@H](CO)c3ccccc3)n2)cc1. The zero-order valence-electron chi connectivity index (χ0n) is 17.0. The predicted octanol–water partition coefficient (Wildman–Crippen LogP) is 1.95. The number of hydrogen-bond acceptors (Lipinski definition) is 10. The molecule has 164 valence electrons. The first-order valence-corrected chi connectivity index (χ1v) is 11.4. The van der Waals surface area contributed by atoms with Crippen LogP contribution in [-0.4, -0.2) is 57.0 Å². The molecule has 0 amide bonds. The van der Waals surface area contributed by atoms with Crippen LogP contribution in [0, 0.1) is 0 Å². The maximum atomic E-state index is 11.7. The fraction of sp³-hybridized carbons (Fsp3) is 0.150. The number of anilines is 3. The fourth-order valence-corrected chi connectivity index (χ4v) is 3.63. The summed E-state index contributed by atoms with van der Waals surface area (Å²) in [6, 6.07) is 15.3. The smallest absolute Gasteiger partial charge is 0.229 e. The van der Waals surface area contributed by atoms with Crippen LogP contribution in [-0.2, 0) is 9.84 Å². The number of rotatable bonds is 8. The predicted molar refractivity (Wildman–Crippen MR) is 118 cm³/mol. The van der Waals surface area contributed by atoms with Gasteiger partial charge in [0.25, 0.3) is 0 Å². The monoisotopic (exact) mass is 452 g/mol. The van der Waals surface area contributed by atoms with Crippen molar-refractivity contribution in [3.8, 4) is 11.4 Å². The molecule has 12 heteroatoms. The van der Waals surface area contributed by atoms with Crippen molar-refractivity contribution in [2.24, 2.45) is 0 Å². The quantitative estimate of drug-likeness (QED) is 0.311. The van der Waals surface area contributed by atoms with Crippen molar-refractivity contribution in [2.45, 2.75) is 10.9 Å². The first-order valence-electron chi connectivity index (χ1n) is 9.54. The second-order valence-corrected chi connectivity index (χ2v) is 8.93. The number of aromatic amines is 1. The van der Waals surface area contributed by atoms with Gasteiger partial charge in [0.2, 0.25) is 5.95 Å². The number of aliphatic hydroxyl groups is 1. The van der Waals surface area contributed by atoms with E-state index in [-0.39, 0.29) is 17.5 Å². The number of nitrogens with zero attached hydrogens (tertiary/aromatic N) is 5. The van der Waals surface area contributed by atoms with Gasteiger partial charge in [0.05, 0.1) is 23.1 Å². The summed E-state index contributed by atoms with van der Waals surface area (Å²) in [5.41, 5.74) is 2.00.